The first-order valence-corrected chi connectivity index (χ1v) is 23.4. The van der Waals surface area contributed by atoms with Gasteiger partial charge in [0.15, 0.2) is 0 Å². The van der Waals surface area contributed by atoms with Crippen molar-refractivity contribution in [3.05, 3.63) is 267 Å². The molecule has 0 saturated carbocycles. The van der Waals surface area contributed by atoms with E-state index < -0.39 is 10.8 Å². The molecule has 1 spiro atoms. The van der Waals surface area contributed by atoms with Crippen LogP contribution >= 0.6 is 0 Å². The van der Waals surface area contributed by atoms with Crippen molar-refractivity contribution in [2.75, 3.05) is 0 Å². The normalized spacial score (nSPS) is 17.0. The van der Waals surface area contributed by atoms with Gasteiger partial charge in [-0.2, -0.15) is 0 Å². The van der Waals surface area contributed by atoms with Gasteiger partial charge in [0.2, 0.25) is 0 Å². The number of ether oxygens (including phenoxy) is 1. The maximum Gasteiger partial charge on any atom is 0.132 e. The van der Waals surface area contributed by atoms with Gasteiger partial charge in [0.25, 0.3) is 0 Å². The van der Waals surface area contributed by atoms with Gasteiger partial charge in [0, 0.05) is 17.0 Å². The van der Waals surface area contributed by atoms with Gasteiger partial charge in [-0.05, 0) is 119 Å². The minimum Gasteiger partial charge on any atom is -0.457 e. The number of hydrogen-bond donors (Lipinski definition) is 0. The number of rotatable bonds is 4. The second-order valence-corrected chi connectivity index (χ2v) is 20.7. The van der Waals surface area contributed by atoms with E-state index in [1.807, 2.05) is 0 Å². The molecule has 12 rings (SSSR count). The molecule has 316 valence electrons. The molecule has 3 aliphatic carbocycles. The lowest BCUT2D eigenvalue weighted by Gasteiger charge is -2.41. The van der Waals surface area contributed by atoms with E-state index in [9.17, 15) is 0 Å². The van der Waals surface area contributed by atoms with Crippen molar-refractivity contribution in [2.45, 2.75) is 75.5 Å². The fourth-order valence-corrected chi connectivity index (χ4v) is 12.0. The zero-order valence-corrected chi connectivity index (χ0v) is 38.2. The molecule has 0 aromatic heterocycles. The monoisotopic (exact) mass is 838 g/mol. The van der Waals surface area contributed by atoms with Gasteiger partial charge in [0.1, 0.15) is 11.5 Å². The molecule has 4 aliphatic rings. The van der Waals surface area contributed by atoms with Crippen molar-refractivity contribution in [2.24, 2.45) is 0 Å². The fraction of sp³-hybridized carbons (Fsp3) is 0.188. The van der Waals surface area contributed by atoms with Gasteiger partial charge in [-0.25, -0.2) is 0 Å². The lowest BCUT2D eigenvalue weighted by Crippen LogP contribution is -2.34. The Kier molecular flexibility index (Phi) is 8.70. The molecule has 1 nitrogen and oxygen atoms in total. The molecule has 0 N–H and O–H groups in total. The summed E-state index contributed by atoms with van der Waals surface area (Å²) in [7, 11) is 0. The highest BCUT2D eigenvalue weighted by Gasteiger charge is 2.53. The molecule has 0 saturated heterocycles. The summed E-state index contributed by atoms with van der Waals surface area (Å²) in [4.78, 5) is 0. The minimum absolute atomic E-state index is 0.0153. The van der Waals surface area contributed by atoms with E-state index in [-0.39, 0.29) is 16.7 Å². The largest absolute Gasteiger partial charge is 0.457 e. The van der Waals surface area contributed by atoms with Crippen molar-refractivity contribution in [3.63, 3.8) is 0 Å². The van der Waals surface area contributed by atoms with Crippen molar-refractivity contribution >= 4 is 5.57 Å². The Labute approximate surface area is 384 Å². The highest BCUT2D eigenvalue weighted by Crippen LogP contribution is 2.65. The molecule has 0 bridgehead atoms. The lowest BCUT2D eigenvalue weighted by molar-refractivity contribution is 0.434. The van der Waals surface area contributed by atoms with Gasteiger partial charge in [-0.3, -0.25) is 0 Å². The average Bonchev–Trinajstić information content (AvgIpc) is 3.80. The summed E-state index contributed by atoms with van der Waals surface area (Å²) in [5.41, 5.74) is 21.5. The first-order valence-electron chi connectivity index (χ1n) is 23.4. The average molecular weight is 839 g/mol. The van der Waals surface area contributed by atoms with Crippen LogP contribution in [-0.4, -0.2) is 0 Å². The smallest absolute Gasteiger partial charge is 0.132 e. The van der Waals surface area contributed by atoms with E-state index in [0.29, 0.717) is 0 Å². The summed E-state index contributed by atoms with van der Waals surface area (Å²) >= 11 is 0. The molecule has 1 aliphatic heterocycles. The van der Waals surface area contributed by atoms with E-state index in [1.54, 1.807) is 0 Å². The van der Waals surface area contributed by atoms with E-state index in [1.165, 1.54) is 83.5 Å². The SMILES string of the molecule is CC(C)(C)c1ccc2c(c1)C1(c3cc(C(C)(C)C)ccc3-2)c2ccccc2-c2c(C3C=CC(c4ccc5c(c4)C(c4ccccc4)(c4ccccc4)c4ccccc4O5)=CC3)cccc21. The Bertz CT molecular complexity index is 3170. The third-order valence-corrected chi connectivity index (χ3v) is 15.1. The topological polar surface area (TPSA) is 9.23 Å². The van der Waals surface area contributed by atoms with Gasteiger partial charge in [-0.15, -0.1) is 0 Å². The number of benzene rings is 8. The van der Waals surface area contributed by atoms with Crippen LogP contribution in [0.15, 0.2) is 200 Å². The Morgan fingerprint density at radius 1 is 0.446 bits per heavy atom. The standard InChI is InChI=1S/C64H54O/c1-61(2,3)46-33-35-49-50-36-34-47(62(4,5)6)40-56(50)64(55(49)39-46)52-24-14-13-22-51(52)60-48(23-17-26-54(60)64)42-30-28-41(29-31-42)43-32-37-59-57(38-43)63(44-18-9-7-10-19-44,45-20-11-8-12-21-45)53-25-15-16-27-58(53)65-59/h7-30,32-40,42H,31H2,1-6H3. The zero-order chi connectivity index (χ0) is 44.3. The summed E-state index contributed by atoms with van der Waals surface area (Å²) < 4.78 is 6.76. The number of hydrogen-bond acceptors (Lipinski definition) is 1. The van der Waals surface area contributed by atoms with Crippen molar-refractivity contribution < 1.29 is 4.74 Å². The third kappa shape index (κ3) is 5.70. The van der Waals surface area contributed by atoms with Crippen LogP contribution in [0.2, 0.25) is 0 Å². The molecule has 8 aromatic carbocycles. The Morgan fingerprint density at radius 2 is 1.02 bits per heavy atom. The van der Waals surface area contributed by atoms with E-state index in [2.05, 4.69) is 242 Å². The van der Waals surface area contributed by atoms with Gasteiger partial charge < -0.3 is 4.74 Å². The summed E-state index contributed by atoms with van der Waals surface area (Å²) in [6, 6.07) is 68.5. The first-order chi connectivity index (χ1) is 31.5. The summed E-state index contributed by atoms with van der Waals surface area (Å²) in [6.45, 7) is 14.0. The molecule has 8 aromatic rings. The molecule has 0 amide bonds. The third-order valence-electron chi connectivity index (χ3n) is 15.1. The summed E-state index contributed by atoms with van der Waals surface area (Å²) in [5.74, 6) is 2.01. The van der Waals surface area contributed by atoms with Crippen LogP contribution in [-0.2, 0) is 21.7 Å². The predicted molar refractivity (Wildman–Crippen MR) is 269 cm³/mol. The minimum atomic E-state index is -0.559. The van der Waals surface area contributed by atoms with Crippen LogP contribution in [0.1, 0.15) is 121 Å². The van der Waals surface area contributed by atoms with Crippen LogP contribution in [0.25, 0.3) is 27.8 Å². The van der Waals surface area contributed by atoms with Crippen LogP contribution in [0.3, 0.4) is 0 Å². The molecule has 0 radical (unpaired) electrons. The van der Waals surface area contributed by atoms with Gasteiger partial charge >= 0.3 is 0 Å². The maximum atomic E-state index is 6.76. The first kappa shape index (κ1) is 39.6. The summed E-state index contributed by atoms with van der Waals surface area (Å²) in [5, 5.41) is 0. The second-order valence-electron chi connectivity index (χ2n) is 20.7. The number of fused-ring (bicyclic) bond motifs is 12. The molecular weight excluding hydrogens is 785 g/mol. The van der Waals surface area contributed by atoms with Gasteiger partial charge in [0.05, 0.1) is 10.8 Å². The van der Waals surface area contributed by atoms with Crippen LogP contribution in [0, 0.1) is 0 Å². The van der Waals surface area contributed by atoms with E-state index in [4.69, 9.17) is 4.74 Å². The van der Waals surface area contributed by atoms with Gasteiger partial charge in [-0.1, -0.05) is 224 Å². The van der Waals surface area contributed by atoms with Crippen molar-refractivity contribution in [1.29, 1.82) is 0 Å². The molecule has 1 heterocycles. The highest BCUT2D eigenvalue weighted by molar-refractivity contribution is 5.96. The zero-order valence-electron chi connectivity index (χ0n) is 38.2. The molecule has 65 heavy (non-hydrogen) atoms. The van der Waals surface area contributed by atoms with Crippen molar-refractivity contribution in [3.8, 4) is 33.8 Å². The highest BCUT2D eigenvalue weighted by atomic mass is 16.5. The molecule has 1 unspecified atom stereocenters. The molecule has 1 heteroatoms. The van der Waals surface area contributed by atoms with Crippen molar-refractivity contribution in [1.82, 2.24) is 0 Å². The maximum absolute atomic E-state index is 6.76. The van der Waals surface area contributed by atoms with Crippen LogP contribution in [0.4, 0.5) is 0 Å². The Balaban J connectivity index is 0.990. The van der Waals surface area contributed by atoms with E-state index >= 15 is 0 Å². The predicted octanol–water partition coefficient (Wildman–Crippen LogP) is 16.2. The number of para-hydroxylation sites is 1. The van der Waals surface area contributed by atoms with Crippen LogP contribution in [0.5, 0.6) is 11.5 Å². The quantitative estimate of drug-likeness (QED) is 0.172. The molecule has 1 atom stereocenters. The second kappa shape index (κ2) is 14.3. The Hall–Kier alpha value is -6.96. The summed E-state index contributed by atoms with van der Waals surface area (Å²) in [6.07, 6.45) is 8.23. The molecular formula is C64H54O. The fourth-order valence-electron chi connectivity index (χ4n) is 12.0. The molecule has 0 fully saturated rings. The van der Waals surface area contributed by atoms with Crippen LogP contribution < -0.4 is 4.74 Å². The Morgan fingerprint density at radius 3 is 1.63 bits per heavy atom. The lowest BCUT2D eigenvalue weighted by atomic mass is 9.63. The number of allylic oxidation sites excluding steroid dienone is 4. The van der Waals surface area contributed by atoms with E-state index in [0.717, 1.165) is 29.0 Å².